The number of nitrogens with one attached hydrogen (secondary N) is 1. The van der Waals surface area contributed by atoms with Gasteiger partial charge in [0, 0.05) is 38.7 Å². The third-order valence-electron chi connectivity index (χ3n) is 4.77. The third kappa shape index (κ3) is 4.70. The van der Waals surface area contributed by atoms with Crippen LogP contribution in [0.25, 0.3) is 0 Å². The number of anilines is 1. The Labute approximate surface area is 152 Å². The molecule has 2 aliphatic heterocycles. The van der Waals surface area contributed by atoms with Gasteiger partial charge in [0.1, 0.15) is 6.61 Å². The molecule has 3 heterocycles. The average Bonchev–Trinajstić information content (AvgIpc) is 3.31. The number of piperidine rings is 1. The van der Waals surface area contributed by atoms with Crippen molar-refractivity contribution >= 4 is 28.3 Å². The fourth-order valence-corrected chi connectivity index (χ4v) is 4.26. The van der Waals surface area contributed by atoms with Gasteiger partial charge in [-0.1, -0.05) is 0 Å². The molecule has 25 heavy (non-hydrogen) atoms. The number of thiazole rings is 1. The van der Waals surface area contributed by atoms with Gasteiger partial charge < -0.3 is 19.9 Å². The van der Waals surface area contributed by atoms with Crippen LogP contribution in [-0.4, -0.2) is 61.6 Å². The summed E-state index contributed by atoms with van der Waals surface area (Å²) in [6, 6.07) is 0. The predicted molar refractivity (Wildman–Crippen MR) is 96.6 cm³/mol. The zero-order valence-corrected chi connectivity index (χ0v) is 15.5. The molecule has 3 rings (SSSR count). The molecule has 1 atom stereocenters. The molecule has 2 aliphatic rings. The van der Waals surface area contributed by atoms with E-state index in [1.807, 2.05) is 5.38 Å². The maximum atomic E-state index is 12.4. The summed E-state index contributed by atoms with van der Waals surface area (Å²) < 4.78 is 4.90. The van der Waals surface area contributed by atoms with Crippen LogP contribution in [0, 0.1) is 5.92 Å². The molecule has 2 amide bonds. The van der Waals surface area contributed by atoms with E-state index in [9.17, 15) is 9.59 Å². The lowest BCUT2D eigenvalue weighted by Crippen LogP contribution is -2.46. The zero-order valence-electron chi connectivity index (χ0n) is 14.7. The molecule has 1 N–H and O–H groups in total. The fourth-order valence-electron chi connectivity index (χ4n) is 3.39. The van der Waals surface area contributed by atoms with E-state index in [1.165, 1.54) is 20.0 Å². The minimum atomic E-state index is -0.147. The molecule has 0 spiro atoms. The van der Waals surface area contributed by atoms with Crippen molar-refractivity contribution in [1.29, 1.82) is 0 Å². The number of carbonyl (C=O) groups excluding carboxylic acids is 2. The number of carbonyl (C=O) groups is 2. The molecule has 0 bridgehead atoms. The Morgan fingerprint density at radius 3 is 2.88 bits per heavy atom. The highest BCUT2D eigenvalue weighted by Gasteiger charge is 2.28. The number of ether oxygens (including phenoxy) is 1. The molecule has 0 aromatic carbocycles. The molecule has 0 unspecified atom stereocenters. The number of methoxy groups -OCH3 is 1. The lowest BCUT2D eigenvalue weighted by Gasteiger charge is -2.31. The van der Waals surface area contributed by atoms with Crippen LogP contribution in [0.2, 0.25) is 0 Å². The Balaban J connectivity index is 1.48. The van der Waals surface area contributed by atoms with Crippen LogP contribution in [0.5, 0.6) is 0 Å². The molecule has 2 fully saturated rings. The van der Waals surface area contributed by atoms with Gasteiger partial charge in [0.15, 0.2) is 5.13 Å². The zero-order chi connectivity index (χ0) is 17.6. The van der Waals surface area contributed by atoms with Crippen molar-refractivity contribution in [1.82, 2.24) is 15.2 Å². The molecule has 0 saturated carbocycles. The highest BCUT2D eigenvalue weighted by atomic mass is 32.1. The minimum absolute atomic E-state index is 0.00522. The summed E-state index contributed by atoms with van der Waals surface area (Å²) in [5, 5.41) is 6.05. The van der Waals surface area contributed by atoms with Gasteiger partial charge in [-0.05, 0) is 25.7 Å². The molecule has 138 valence electrons. The van der Waals surface area contributed by atoms with Crippen molar-refractivity contribution in [2.45, 2.75) is 32.2 Å². The van der Waals surface area contributed by atoms with Gasteiger partial charge in [-0.25, -0.2) is 4.98 Å². The van der Waals surface area contributed by atoms with Gasteiger partial charge >= 0.3 is 0 Å². The van der Waals surface area contributed by atoms with E-state index < -0.39 is 0 Å². The summed E-state index contributed by atoms with van der Waals surface area (Å²) in [6.45, 7) is 3.86. The molecule has 8 heteroatoms. The van der Waals surface area contributed by atoms with E-state index in [0.717, 1.165) is 36.8 Å². The fraction of sp³-hybridized carbons (Fsp3) is 0.706. The van der Waals surface area contributed by atoms with Crippen molar-refractivity contribution in [3.8, 4) is 0 Å². The van der Waals surface area contributed by atoms with E-state index in [0.29, 0.717) is 19.6 Å². The van der Waals surface area contributed by atoms with Gasteiger partial charge in [0.25, 0.3) is 0 Å². The highest BCUT2D eigenvalue weighted by molar-refractivity contribution is 7.13. The first-order valence-corrected chi connectivity index (χ1v) is 9.79. The standard InChI is InChI=1S/C17H26N4O3S/c1-24-11-15(22)21-8-4-5-13(10-21)16(23)18-9-14-12-25-17(19-14)20-6-2-3-7-20/h12-13H,2-11H2,1H3,(H,18,23)/t13-/m0/s1. The number of rotatable bonds is 6. The van der Waals surface area contributed by atoms with Crippen LogP contribution in [0.3, 0.4) is 0 Å². The lowest BCUT2D eigenvalue weighted by molar-refractivity contribution is -0.139. The summed E-state index contributed by atoms with van der Waals surface area (Å²) >= 11 is 1.64. The van der Waals surface area contributed by atoms with Crippen molar-refractivity contribution in [3.63, 3.8) is 0 Å². The van der Waals surface area contributed by atoms with Gasteiger partial charge in [-0.3, -0.25) is 9.59 Å². The second-order valence-electron chi connectivity index (χ2n) is 6.65. The monoisotopic (exact) mass is 366 g/mol. The van der Waals surface area contributed by atoms with Crippen LogP contribution in [0.4, 0.5) is 5.13 Å². The topological polar surface area (TPSA) is 74.8 Å². The normalized spacial score (nSPS) is 20.8. The quantitative estimate of drug-likeness (QED) is 0.820. The number of aromatic nitrogens is 1. The second kappa shape index (κ2) is 8.62. The Morgan fingerprint density at radius 2 is 2.12 bits per heavy atom. The lowest BCUT2D eigenvalue weighted by atomic mass is 9.97. The largest absolute Gasteiger partial charge is 0.375 e. The first-order chi connectivity index (χ1) is 12.2. The Hall–Kier alpha value is -1.67. The third-order valence-corrected chi connectivity index (χ3v) is 5.72. The van der Waals surface area contributed by atoms with Gasteiger partial charge in [-0.15, -0.1) is 11.3 Å². The smallest absolute Gasteiger partial charge is 0.248 e. The summed E-state index contributed by atoms with van der Waals surface area (Å²) in [6.07, 6.45) is 4.12. The van der Waals surface area contributed by atoms with E-state index >= 15 is 0 Å². The van der Waals surface area contributed by atoms with E-state index in [-0.39, 0.29) is 24.3 Å². The second-order valence-corrected chi connectivity index (χ2v) is 7.48. The van der Waals surface area contributed by atoms with Crippen molar-refractivity contribution < 1.29 is 14.3 Å². The van der Waals surface area contributed by atoms with Crippen LogP contribution in [0.1, 0.15) is 31.4 Å². The Kier molecular flexibility index (Phi) is 6.25. The molecule has 7 nitrogen and oxygen atoms in total. The molecular weight excluding hydrogens is 340 g/mol. The first kappa shape index (κ1) is 18.1. The SMILES string of the molecule is COCC(=O)N1CCC[C@H](C(=O)NCc2csc(N3CCCC3)n2)C1. The molecule has 1 aromatic heterocycles. The number of amides is 2. The van der Waals surface area contributed by atoms with Crippen LogP contribution in [-0.2, 0) is 20.9 Å². The predicted octanol–water partition coefficient (Wildman–Crippen LogP) is 1.24. The maximum Gasteiger partial charge on any atom is 0.248 e. The van der Waals surface area contributed by atoms with E-state index in [4.69, 9.17) is 4.74 Å². The minimum Gasteiger partial charge on any atom is -0.375 e. The number of likely N-dealkylation sites (tertiary alicyclic amines) is 1. The first-order valence-electron chi connectivity index (χ1n) is 8.91. The molecule has 1 aromatic rings. The van der Waals surface area contributed by atoms with Gasteiger partial charge in [0.2, 0.25) is 11.8 Å². The summed E-state index contributed by atoms with van der Waals surface area (Å²) in [5.74, 6) is -0.188. The number of nitrogens with zero attached hydrogens (tertiary/aromatic N) is 3. The van der Waals surface area contributed by atoms with Crippen molar-refractivity contribution in [2.24, 2.45) is 5.92 Å². The van der Waals surface area contributed by atoms with E-state index in [2.05, 4.69) is 15.2 Å². The van der Waals surface area contributed by atoms with Gasteiger partial charge in [-0.2, -0.15) is 0 Å². The molecular formula is C17H26N4O3S. The summed E-state index contributed by atoms with van der Waals surface area (Å²) in [7, 11) is 1.51. The highest BCUT2D eigenvalue weighted by Crippen LogP contribution is 2.24. The molecule has 0 aliphatic carbocycles. The average molecular weight is 366 g/mol. The van der Waals surface area contributed by atoms with Gasteiger partial charge in [0.05, 0.1) is 18.2 Å². The van der Waals surface area contributed by atoms with Crippen LogP contribution >= 0.6 is 11.3 Å². The molecule has 2 saturated heterocycles. The maximum absolute atomic E-state index is 12.4. The van der Waals surface area contributed by atoms with Crippen molar-refractivity contribution in [3.05, 3.63) is 11.1 Å². The van der Waals surface area contributed by atoms with E-state index in [1.54, 1.807) is 16.2 Å². The number of hydrogen-bond donors (Lipinski definition) is 1. The van der Waals surface area contributed by atoms with Crippen molar-refractivity contribution in [2.75, 3.05) is 44.8 Å². The van der Waals surface area contributed by atoms with Crippen LogP contribution in [0.15, 0.2) is 5.38 Å². The summed E-state index contributed by atoms with van der Waals surface area (Å²) in [4.78, 5) is 33.0. The Bertz CT molecular complexity index is 600. The van der Waals surface area contributed by atoms with Crippen LogP contribution < -0.4 is 10.2 Å². The summed E-state index contributed by atoms with van der Waals surface area (Å²) in [5.41, 5.74) is 0.906. The number of hydrogen-bond acceptors (Lipinski definition) is 6. The molecule has 0 radical (unpaired) electrons. The Morgan fingerprint density at radius 1 is 1.32 bits per heavy atom.